The number of nitrogens with zero attached hydrogens (tertiary/aromatic N) is 2. The number of likely N-dealkylation sites (tertiary alicyclic amines) is 1. The fraction of sp³-hybridized carbons (Fsp3) is 0.714. The molecule has 118 valence electrons. The zero-order valence-corrected chi connectivity index (χ0v) is 13.5. The summed E-state index contributed by atoms with van der Waals surface area (Å²) in [7, 11) is 0. The molecule has 0 atom stereocenters. The average Bonchev–Trinajstić information content (AvgIpc) is 2.87. The number of hydrogen-bond donors (Lipinski definition) is 3. The van der Waals surface area contributed by atoms with Gasteiger partial charge in [0.2, 0.25) is 0 Å². The first kappa shape index (κ1) is 16.0. The maximum atomic E-state index is 12.1. The van der Waals surface area contributed by atoms with Crippen LogP contribution in [-0.2, 0) is 0 Å². The zero-order chi connectivity index (χ0) is 15.1. The van der Waals surface area contributed by atoms with Crippen LogP contribution in [0, 0.1) is 0 Å². The van der Waals surface area contributed by atoms with E-state index in [1.165, 1.54) is 30.6 Å². The number of nitrogens with one attached hydrogen (secondary N) is 2. The van der Waals surface area contributed by atoms with E-state index >= 15 is 0 Å². The van der Waals surface area contributed by atoms with E-state index < -0.39 is 0 Å². The minimum absolute atomic E-state index is 0.119. The Balaban J connectivity index is 1.78. The van der Waals surface area contributed by atoms with Crippen molar-refractivity contribution in [2.24, 2.45) is 0 Å². The average molecular weight is 311 g/mol. The molecule has 0 radical (unpaired) electrons. The van der Waals surface area contributed by atoms with Gasteiger partial charge >= 0.3 is 0 Å². The lowest BCUT2D eigenvalue weighted by Crippen LogP contribution is -2.37. The maximum Gasteiger partial charge on any atom is 0.265 e. The van der Waals surface area contributed by atoms with Crippen LogP contribution in [0.4, 0.5) is 10.9 Å². The van der Waals surface area contributed by atoms with Crippen molar-refractivity contribution in [3.63, 3.8) is 0 Å². The number of hydrogen-bond acceptors (Lipinski definition) is 6. The summed E-state index contributed by atoms with van der Waals surface area (Å²) >= 11 is 1.32. The highest BCUT2D eigenvalue weighted by Gasteiger charge is 2.16. The first-order chi connectivity index (χ1) is 10.2. The third kappa shape index (κ3) is 4.86. The largest absolute Gasteiger partial charge is 0.382 e. The number of nitrogen functional groups attached to an aromatic ring is 1. The number of piperidine rings is 1. The molecule has 1 aromatic rings. The molecule has 7 heteroatoms. The van der Waals surface area contributed by atoms with Crippen LogP contribution in [0.3, 0.4) is 0 Å². The van der Waals surface area contributed by atoms with Gasteiger partial charge in [0.15, 0.2) is 5.13 Å². The van der Waals surface area contributed by atoms with Crippen molar-refractivity contribution in [2.45, 2.75) is 32.6 Å². The predicted molar refractivity (Wildman–Crippen MR) is 87.9 cm³/mol. The smallest absolute Gasteiger partial charge is 0.265 e. The molecule has 2 heterocycles. The summed E-state index contributed by atoms with van der Waals surface area (Å²) in [5, 5.41) is 6.81. The zero-order valence-electron chi connectivity index (χ0n) is 12.7. The molecule has 0 aromatic carbocycles. The number of carbonyl (C=O) groups excluding carboxylic acids is 1. The van der Waals surface area contributed by atoms with Crippen LogP contribution in [0.5, 0.6) is 0 Å². The number of nitrogens with two attached hydrogens (primary N) is 1. The van der Waals surface area contributed by atoms with E-state index in [2.05, 4.69) is 27.4 Å². The lowest BCUT2D eigenvalue weighted by Gasteiger charge is -2.26. The van der Waals surface area contributed by atoms with Gasteiger partial charge in [0.1, 0.15) is 10.7 Å². The summed E-state index contributed by atoms with van der Waals surface area (Å²) in [5.74, 6) is 0.195. The highest BCUT2D eigenvalue weighted by molar-refractivity contribution is 7.18. The van der Waals surface area contributed by atoms with E-state index in [0.717, 1.165) is 37.7 Å². The fourth-order valence-corrected chi connectivity index (χ4v) is 3.22. The number of amides is 1. The summed E-state index contributed by atoms with van der Waals surface area (Å²) in [4.78, 5) is 19.2. The Kier molecular flexibility index (Phi) is 6.25. The summed E-state index contributed by atoms with van der Waals surface area (Å²) in [6.45, 7) is 6.77. The second kappa shape index (κ2) is 8.19. The number of thiazole rings is 1. The Morgan fingerprint density at radius 3 is 2.81 bits per heavy atom. The molecule has 1 saturated heterocycles. The van der Waals surface area contributed by atoms with Gasteiger partial charge in [0.25, 0.3) is 5.91 Å². The van der Waals surface area contributed by atoms with E-state index in [4.69, 9.17) is 5.73 Å². The van der Waals surface area contributed by atoms with E-state index in [9.17, 15) is 4.79 Å². The van der Waals surface area contributed by atoms with Crippen LogP contribution >= 0.6 is 11.3 Å². The number of aromatic nitrogens is 1. The summed E-state index contributed by atoms with van der Waals surface area (Å²) in [6.07, 6.45) is 4.87. The molecule has 0 unspecified atom stereocenters. The molecular formula is C14H25N5OS. The molecule has 1 aromatic heterocycles. The SMILES string of the molecule is CCCNc1nc(N)c(C(=O)NCCN2CCCCC2)s1. The molecule has 1 aliphatic rings. The first-order valence-electron chi connectivity index (χ1n) is 7.71. The molecule has 6 nitrogen and oxygen atoms in total. The van der Waals surface area contributed by atoms with Crippen LogP contribution < -0.4 is 16.4 Å². The lowest BCUT2D eigenvalue weighted by molar-refractivity contribution is 0.0951. The Morgan fingerprint density at radius 1 is 1.33 bits per heavy atom. The molecule has 1 fully saturated rings. The van der Waals surface area contributed by atoms with Crippen molar-refractivity contribution >= 4 is 28.2 Å². The summed E-state index contributed by atoms with van der Waals surface area (Å²) < 4.78 is 0. The van der Waals surface area contributed by atoms with Crippen LogP contribution in [0.1, 0.15) is 42.3 Å². The van der Waals surface area contributed by atoms with Crippen molar-refractivity contribution in [3.05, 3.63) is 4.88 Å². The molecule has 4 N–H and O–H groups in total. The van der Waals surface area contributed by atoms with Gasteiger partial charge in [0, 0.05) is 19.6 Å². The van der Waals surface area contributed by atoms with Gasteiger partial charge in [-0.25, -0.2) is 4.98 Å². The van der Waals surface area contributed by atoms with E-state index in [0.29, 0.717) is 17.2 Å². The molecular weight excluding hydrogens is 286 g/mol. The lowest BCUT2D eigenvalue weighted by atomic mass is 10.1. The number of anilines is 2. The molecule has 0 aliphatic carbocycles. The van der Waals surface area contributed by atoms with Gasteiger partial charge in [-0.3, -0.25) is 4.79 Å². The Bertz CT molecular complexity index is 456. The van der Waals surface area contributed by atoms with Crippen LogP contribution in [0.15, 0.2) is 0 Å². The second-order valence-corrected chi connectivity index (χ2v) is 6.32. The molecule has 1 amide bonds. The fourth-order valence-electron chi connectivity index (χ4n) is 2.39. The first-order valence-corrected chi connectivity index (χ1v) is 8.53. The van der Waals surface area contributed by atoms with Gasteiger partial charge in [-0.2, -0.15) is 0 Å². The molecule has 2 rings (SSSR count). The monoisotopic (exact) mass is 311 g/mol. The Hall–Kier alpha value is -1.34. The maximum absolute atomic E-state index is 12.1. The quantitative estimate of drug-likeness (QED) is 0.715. The predicted octanol–water partition coefficient (Wildman–Crippen LogP) is 1.76. The van der Waals surface area contributed by atoms with Gasteiger partial charge in [-0.1, -0.05) is 24.7 Å². The molecule has 21 heavy (non-hydrogen) atoms. The van der Waals surface area contributed by atoms with E-state index in [-0.39, 0.29) is 5.91 Å². The van der Waals surface area contributed by atoms with Gasteiger partial charge in [-0.15, -0.1) is 0 Å². The van der Waals surface area contributed by atoms with Gasteiger partial charge in [0.05, 0.1) is 0 Å². The number of rotatable bonds is 7. The van der Waals surface area contributed by atoms with Crippen LogP contribution in [0.2, 0.25) is 0 Å². The van der Waals surface area contributed by atoms with Gasteiger partial charge < -0.3 is 21.3 Å². The highest BCUT2D eigenvalue weighted by Crippen LogP contribution is 2.24. The van der Waals surface area contributed by atoms with E-state index in [1.54, 1.807) is 0 Å². The van der Waals surface area contributed by atoms with Crippen molar-refractivity contribution in [3.8, 4) is 0 Å². The topological polar surface area (TPSA) is 83.3 Å². The summed E-state index contributed by atoms with van der Waals surface area (Å²) in [5.41, 5.74) is 5.82. The van der Waals surface area contributed by atoms with E-state index in [1.807, 2.05) is 0 Å². The molecule has 0 bridgehead atoms. The molecule has 0 saturated carbocycles. The van der Waals surface area contributed by atoms with Crippen molar-refractivity contribution < 1.29 is 4.79 Å². The second-order valence-electron chi connectivity index (χ2n) is 5.32. The van der Waals surface area contributed by atoms with Crippen LogP contribution in [0.25, 0.3) is 0 Å². The van der Waals surface area contributed by atoms with Crippen LogP contribution in [-0.4, -0.2) is 48.5 Å². The third-order valence-electron chi connectivity index (χ3n) is 3.55. The van der Waals surface area contributed by atoms with Gasteiger partial charge in [-0.05, 0) is 32.4 Å². The summed E-state index contributed by atoms with van der Waals surface area (Å²) in [6, 6.07) is 0. The van der Waals surface area contributed by atoms with Crippen molar-refractivity contribution in [1.29, 1.82) is 0 Å². The molecule has 0 spiro atoms. The highest BCUT2D eigenvalue weighted by atomic mass is 32.1. The minimum atomic E-state index is -0.119. The Labute approximate surface area is 130 Å². The van der Waals surface area contributed by atoms with Crippen molar-refractivity contribution in [1.82, 2.24) is 15.2 Å². The normalized spacial score (nSPS) is 15.9. The molecule has 1 aliphatic heterocycles. The standard InChI is InChI=1S/C14H25N5OS/c1-2-6-17-14-18-12(15)11(21-14)13(20)16-7-10-19-8-4-3-5-9-19/h2-10,15H2,1H3,(H,16,20)(H,17,18). The third-order valence-corrected chi connectivity index (χ3v) is 4.58. The minimum Gasteiger partial charge on any atom is -0.382 e. The number of carbonyl (C=O) groups is 1. The van der Waals surface area contributed by atoms with Crippen molar-refractivity contribution in [2.75, 3.05) is 43.8 Å². The Morgan fingerprint density at radius 2 is 2.10 bits per heavy atom.